The van der Waals surface area contributed by atoms with Crippen molar-refractivity contribution in [1.82, 2.24) is 14.8 Å². The molecule has 0 aromatic carbocycles. The smallest absolute Gasteiger partial charge is 0.227 e. The molecule has 0 radical (unpaired) electrons. The largest absolute Gasteiger partial charge is 0.332 e. The molecule has 4 fully saturated rings. The summed E-state index contributed by atoms with van der Waals surface area (Å²) >= 11 is 5.78. The molecule has 0 unspecified atom stereocenters. The van der Waals surface area contributed by atoms with Gasteiger partial charge in [0.25, 0.3) is 0 Å². The van der Waals surface area contributed by atoms with E-state index in [0.717, 1.165) is 31.6 Å². The van der Waals surface area contributed by atoms with Gasteiger partial charge in [-0.2, -0.15) is 23.5 Å². The predicted octanol–water partition coefficient (Wildman–Crippen LogP) is 2.41. The number of hydrogen-bond donors (Lipinski definition) is 0. The molecule has 1 aromatic heterocycles. The number of amides is 1. The van der Waals surface area contributed by atoms with Crippen LogP contribution in [0.4, 0.5) is 0 Å². The van der Waals surface area contributed by atoms with E-state index in [1.165, 1.54) is 23.0 Å². The highest BCUT2D eigenvalue weighted by Gasteiger charge is 2.42. The summed E-state index contributed by atoms with van der Waals surface area (Å²) in [5.74, 6) is 5.57. The van der Waals surface area contributed by atoms with E-state index < -0.39 is 0 Å². The van der Waals surface area contributed by atoms with Crippen LogP contribution < -0.4 is 0 Å². The van der Waals surface area contributed by atoms with Crippen LogP contribution in [0.2, 0.25) is 0 Å². The molecular weight excluding hydrogens is 346 g/mol. The van der Waals surface area contributed by atoms with E-state index >= 15 is 0 Å². The number of hydrogen-bond acceptors (Lipinski definition) is 6. The Balaban J connectivity index is 1.49. The van der Waals surface area contributed by atoms with E-state index in [1.54, 1.807) is 11.3 Å². The first-order valence-corrected chi connectivity index (χ1v) is 11.6. The molecule has 0 aliphatic carbocycles. The molecule has 4 nitrogen and oxygen atoms in total. The number of aromatic nitrogens is 1. The maximum absolute atomic E-state index is 12.9. The maximum Gasteiger partial charge on any atom is 0.227 e. The molecule has 4 aliphatic heterocycles. The van der Waals surface area contributed by atoms with E-state index in [0.29, 0.717) is 24.5 Å². The molecule has 0 saturated carbocycles. The molecule has 7 heteroatoms. The van der Waals surface area contributed by atoms with Crippen molar-refractivity contribution in [2.24, 2.45) is 5.92 Å². The highest BCUT2D eigenvalue weighted by molar-refractivity contribution is 8.03. The third-order valence-electron chi connectivity index (χ3n) is 5.15. The molecule has 4 saturated heterocycles. The maximum atomic E-state index is 12.9. The number of thiazole rings is 1. The third-order valence-corrected chi connectivity index (χ3v) is 8.27. The molecule has 1 amide bonds. The average Bonchev–Trinajstić information content (AvgIpc) is 2.77. The number of carbonyl (C=O) groups excluding carboxylic acids is 1. The standard InChI is InChI=1S/C16H23N3OS3/c20-16-12-1-2-14(19(16)6-13-8-23-11-17-13)7-18(5-12)15-9-21-3-4-22-10-15/h8,11-12,14-15H,1-7,9-10H2/t12-,14+/m0/s1. The number of rotatable bonds is 3. The average molecular weight is 370 g/mol. The predicted molar refractivity (Wildman–Crippen MR) is 99.2 cm³/mol. The van der Waals surface area contributed by atoms with Crippen molar-refractivity contribution >= 4 is 40.8 Å². The topological polar surface area (TPSA) is 36.4 Å². The Hall–Kier alpha value is -0.240. The Kier molecular flexibility index (Phi) is 5.18. The quantitative estimate of drug-likeness (QED) is 0.818. The van der Waals surface area contributed by atoms with Crippen molar-refractivity contribution in [3.63, 3.8) is 0 Å². The van der Waals surface area contributed by atoms with Crippen LogP contribution in [0.1, 0.15) is 18.5 Å². The van der Waals surface area contributed by atoms with Gasteiger partial charge in [-0.1, -0.05) is 0 Å². The van der Waals surface area contributed by atoms with E-state index in [9.17, 15) is 4.79 Å². The minimum atomic E-state index is 0.200. The zero-order valence-electron chi connectivity index (χ0n) is 13.2. The van der Waals surface area contributed by atoms with E-state index in [2.05, 4.69) is 43.7 Å². The van der Waals surface area contributed by atoms with Gasteiger partial charge in [-0.15, -0.1) is 11.3 Å². The van der Waals surface area contributed by atoms with Crippen molar-refractivity contribution in [2.75, 3.05) is 36.1 Å². The first-order chi connectivity index (χ1) is 11.3. The van der Waals surface area contributed by atoms with Gasteiger partial charge in [0.15, 0.2) is 0 Å². The van der Waals surface area contributed by atoms with Crippen molar-refractivity contribution in [3.05, 3.63) is 16.6 Å². The lowest BCUT2D eigenvalue weighted by molar-refractivity contribution is -0.140. The lowest BCUT2D eigenvalue weighted by Crippen LogP contribution is -2.48. The van der Waals surface area contributed by atoms with E-state index in [4.69, 9.17) is 0 Å². The highest BCUT2D eigenvalue weighted by atomic mass is 32.2. The van der Waals surface area contributed by atoms with Gasteiger partial charge < -0.3 is 4.90 Å². The van der Waals surface area contributed by atoms with Crippen LogP contribution in [0.5, 0.6) is 0 Å². The van der Waals surface area contributed by atoms with Crippen LogP contribution >= 0.6 is 34.9 Å². The summed E-state index contributed by atoms with van der Waals surface area (Å²) in [6, 6.07) is 1.02. The van der Waals surface area contributed by atoms with Crippen LogP contribution in [0.15, 0.2) is 10.9 Å². The van der Waals surface area contributed by atoms with Crippen molar-refractivity contribution in [1.29, 1.82) is 0 Å². The summed E-state index contributed by atoms with van der Waals surface area (Å²) in [5, 5.41) is 2.07. The SMILES string of the molecule is O=C1[C@H]2CC[C@H](CN(C3CSCCSC3)C2)N1Cc1cscn1. The Morgan fingerprint density at radius 2 is 1.96 bits per heavy atom. The summed E-state index contributed by atoms with van der Waals surface area (Å²) in [7, 11) is 0. The molecule has 0 N–H and O–H groups in total. The van der Waals surface area contributed by atoms with Crippen LogP contribution in [-0.4, -0.2) is 68.9 Å². The molecule has 1 aromatic rings. The molecule has 2 bridgehead atoms. The summed E-state index contributed by atoms with van der Waals surface area (Å²) in [6.07, 6.45) is 2.23. The van der Waals surface area contributed by atoms with Gasteiger partial charge in [0.1, 0.15) is 0 Å². The Morgan fingerprint density at radius 3 is 2.70 bits per heavy atom. The minimum Gasteiger partial charge on any atom is -0.332 e. The van der Waals surface area contributed by atoms with Crippen LogP contribution in [0, 0.1) is 5.92 Å². The first-order valence-electron chi connectivity index (χ1n) is 8.38. The normalized spacial score (nSPS) is 30.4. The molecule has 5 rings (SSSR count). The van der Waals surface area contributed by atoms with Gasteiger partial charge in [-0.05, 0) is 12.8 Å². The minimum absolute atomic E-state index is 0.200. The first kappa shape index (κ1) is 16.2. The Morgan fingerprint density at radius 1 is 1.13 bits per heavy atom. The second-order valence-electron chi connectivity index (χ2n) is 6.63. The lowest BCUT2D eigenvalue weighted by Gasteiger charge is -2.36. The van der Waals surface area contributed by atoms with Gasteiger partial charge in [0.2, 0.25) is 5.91 Å². The number of nitrogens with zero attached hydrogens (tertiary/aromatic N) is 3. The molecule has 23 heavy (non-hydrogen) atoms. The van der Waals surface area contributed by atoms with Crippen molar-refractivity contribution in [3.8, 4) is 0 Å². The van der Waals surface area contributed by atoms with Gasteiger partial charge in [-0.25, -0.2) is 4.98 Å². The van der Waals surface area contributed by atoms with Gasteiger partial charge in [0, 0.05) is 53.6 Å². The zero-order chi connectivity index (χ0) is 15.6. The number of piperidine rings is 1. The zero-order valence-corrected chi connectivity index (χ0v) is 15.7. The molecule has 2 atom stereocenters. The fraction of sp³-hybridized carbons (Fsp3) is 0.750. The summed E-state index contributed by atoms with van der Waals surface area (Å²) in [6.45, 7) is 2.72. The molecular formula is C16H23N3OS3. The number of thioether (sulfide) groups is 2. The van der Waals surface area contributed by atoms with E-state index in [-0.39, 0.29) is 5.92 Å². The second kappa shape index (κ2) is 7.33. The fourth-order valence-corrected chi connectivity index (χ4v) is 7.06. The monoisotopic (exact) mass is 369 g/mol. The van der Waals surface area contributed by atoms with Crippen LogP contribution in [0.3, 0.4) is 0 Å². The molecule has 4 aliphatic rings. The molecule has 126 valence electrons. The van der Waals surface area contributed by atoms with Gasteiger partial charge in [-0.3, -0.25) is 9.69 Å². The number of carbonyl (C=O) groups is 1. The van der Waals surface area contributed by atoms with Crippen LogP contribution in [0.25, 0.3) is 0 Å². The summed E-state index contributed by atoms with van der Waals surface area (Å²) in [5.41, 5.74) is 2.91. The van der Waals surface area contributed by atoms with E-state index in [1.807, 2.05) is 5.51 Å². The third kappa shape index (κ3) is 3.57. The Bertz CT molecular complexity index is 531. The highest BCUT2D eigenvalue weighted by Crippen LogP contribution is 2.33. The number of fused-ring (bicyclic) bond motifs is 4. The van der Waals surface area contributed by atoms with Crippen LogP contribution in [-0.2, 0) is 11.3 Å². The lowest BCUT2D eigenvalue weighted by atomic mass is 9.94. The van der Waals surface area contributed by atoms with Gasteiger partial charge >= 0.3 is 0 Å². The van der Waals surface area contributed by atoms with Gasteiger partial charge in [0.05, 0.1) is 23.7 Å². The summed E-state index contributed by atoms with van der Waals surface area (Å²) < 4.78 is 0. The van der Waals surface area contributed by atoms with Crippen molar-refractivity contribution < 1.29 is 4.79 Å². The van der Waals surface area contributed by atoms with Crippen molar-refractivity contribution in [2.45, 2.75) is 31.5 Å². The summed E-state index contributed by atoms with van der Waals surface area (Å²) in [4.78, 5) is 22.0. The molecule has 5 heterocycles. The second-order valence-corrected chi connectivity index (χ2v) is 9.65. The fourth-order valence-electron chi connectivity index (χ4n) is 3.89. The Labute approximate surface area is 150 Å². The molecule has 0 spiro atoms.